The van der Waals surface area contributed by atoms with Crippen LogP contribution in [0.15, 0.2) is 40.6 Å². The molecule has 0 saturated carbocycles. The Labute approximate surface area is 265 Å². The van der Waals surface area contributed by atoms with Crippen LogP contribution in [0.1, 0.15) is 52.7 Å². The van der Waals surface area contributed by atoms with E-state index < -0.39 is 40.7 Å². The largest absolute Gasteiger partial charge is 0.464 e. The Morgan fingerprint density at radius 2 is 1.74 bits per heavy atom. The van der Waals surface area contributed by atoms with Crippen molar-refractivity contribution in [3.8, 4) is 17.6 Å². The number of amides is 3. The van der Waals surface area contributed by atoms with Crippen molar-refractivity contribution in [2.24, 2.45) is 5.41 Å². The molecule has 0 aliphatic carbocycles. The van der Waals surface area contributed by atoms with Crippen molar-refractivity contribution in [3.63, 3.8) is 0 Å². The van der Waals surface area contributed by atoms with E-state index >= 15 is 4.39 Å². The highest BCUT2D eigenvalue weighted by Crippen LogP contribution is 2.48. The van der Waals surface area contributed by atoms with Crippen molar-refractivity contribution in [3.05, 3.63) is 67.6 Å². The van der Waals surface area contributed by atoms with Crippen LogP contribution >= 0.6 is 39.1 Å². The molecule has 0 fully saturated rings. The first-order valence-electron chi connectivity index (χ1n) is 12.6. The summed E-state index contributed by atoms with van der Waals surface area (Å²) < 4.78 is 21.2. The van der Waals surface area contributed by atoms with Crippen LogP contribution in [0, 0.1) is 22.6 Å². The number of nitriles is 1. The first-order valence-corrected chi connectivity index (χ1v) is 14.2. The number of halogens is 4. The normalized spacial score (nSPS) is 16.8. The minimum absolute atomic E-state index is 0.0138. The molecular weight excluding hydrogens is 672 g/mol. The second kappa shape index (κ2) is 12.1. The zero-order chi connectivity index (χ0) is 32.7. The lowest BCUT2D eigenvalue weighted by Gasteiger charge is -2.56. The molecule has 0 spiro atoms. The van der Waals surface area contributed by atoms with Gasteiger partial charge >= 0.3 is 12.2 Å². The van der Waals surface area contributed by atoms with E-state index in [1.54, 1.807) is 41.5 Å². The molecule has 1 aliphatic rings. The number of imide groups is 1. The van der Waals surface area contributed by atoms with Crippen molar-refractivity contribution < 1.29 is 33.7 Å². The van der Waals surface area contributed by atoms with Crippen LogP contribution in [0.3, 0.4) is 0 Å². The molecule has 1 aliphatic heterocycles. The molecule has 2 aromatic carbocycles. The Hall–Kier alpha value is -3.73. The fraction of sp³-hybridized carbons (Fsp3) is 0.357. The third-order valence-electron chi connectivity index (χ3n) is 6.47. The average Bonchev–Trinajstić information content (AvgIpc) is 3.19. The topological polar surface area (TPSA) is 155 Å². The predicted octanol–water partition coefficient (Wildman–Crippen LogP) is 7.04. The minimum atomic E-state index is -1.97. The predicted molar refractivity (Wildman–Crippen MR) is 160 cm³/mol. The number of carbonyl (C=O) groups is 3. The Bertz CT molecular complexity index is 1550. The fourth-order valence-electron chi connectivity index (χ4n) is 4.79. The second-order valence-electron chi connectivity index (χ2n) is 11.5. The highest BCUT2D eigenvalue weighted by molar-refractivity contribution is 9.11. The molecule has 0 bridgehead atoms. The van der Waals surface area contributed by atoms with Crippen LogP contribution in [0.25, 0.3) is 0 Å². The van der Waals surface area contributed by atoms with Crippen molar-refractivity contribution >= 4 is 57.2 Å². The van der Waals surface area contributed by atoms with Gasteiger partial charge in [-0.2, -0.15) is 10.2 Å². The van der Waals surface area contributed by atoms with Gasteiger partial charge in [0.25, 0.3) is 5.91 Å². The van der Waals surface area contributed by atoms with Crippen LogP contribution < -0.4 is 15.4 Å². The van der Waals surface area contributed by atoms with E-state index in [1.807, 2.05) is 6.07 Å². The van der Waals surface area contributed by atoms with Gasteiger partial charge in [-0.15, -0.1) is 0 Å². The molecule has 0 aromatic heterocycles. The third kappa shape index (κ3) is 6.46. The SMILES string of the molecule is CC(C)(C)N1C(C(=O)NCc2ccc(Cl)c(Oc3cc(Cl)cc(C#N)c3)c2F)=C(Br)NC1(N(C(=O)O)C(=O)O)C(C)(C)C. The quantitative estimate of drug-likeness (QED) is 0.232. The van der Waals surface area contributed by atoms with Crippen LogP contribution in [0.4, 0.5) is 14.0 Å². The fourth-order valence-corrected chi connectivity index (χ4v) is 5.83. The lowest BCUT2D eigenvalue weighted by Crippen LogP contribution is -2.76. The Balaban J connectivity index is 2.00. The molecule has 3 amide bonds. The van der Waals surface area contributed by atoms with Gasteiger partial charge in [0.1, 0.15) is 16.1 Å². The van der Waals surface area contributed by atoms with Crippen LogP contribution in [0.5, 0.6) is 11.5 Å². The maximum absolute atomic E-state index is 15.6. The molecule has 4 N–H and O–H groups in total. The average molecular weight is 701 g/mol. The number of benzene rings is 2. The van der Waals surface area contributed by atoms with Crippen LogP contribution in [-0.4, -0.2) is 49.4 Å². The maximum Gasteiger partial charge on any atom is 0.420 e. The molecule has 0 radical (unpaired) electrons. The zero-order valence-electron chi connectivity index (χ0n) is 24.0. The van der Waals surface area contributed by atoms with Gasteiger partial charge in [0.2, 0.25) is 5.79 Å². The summed E-state index contributed by atoms with van der Waals surface area (Å²) in [5.74, 6) is -3.91. The zero-order valence-corrected chi connectivity index (χ0v) is 27.1. The van der Waals surface area contributed by atoms with Crippen molar-refractivity contribution in [1.29, 1.82) is 5.26 Å². The molecule has 2 aromatic rings. The highest BCUT2D eigenvalue weighted by atomic mass is 79.9. The summed E-state index contributed by atoms with van der Waals surface area (Å²) in [4.78, 5) is 39.9. The van der Waals surface area contributed by atoms with Gasteiger partial charge in [-0.3, -0.25) is 4.79 Å². The monoisotopic (exact) mass is 699 g/mol. The van der Waals surface area contributed by atoms with E-state index in [2.05, 4.69) is 26.6 Å². The summed E-state index contributed by atoms with van der Waals surface area (Å²) in [5, 5.41) is 34.8. The van der Waals surface area contributed by atoms with Gasteiger partial charge < -0.3 is 30.5 Å². The standard InChI is InChI=1S/C28H29BrCl2FN5O6/c1-26(2,3)28(36(24(39)40)25(41)42)35-22(29)20(37(28)27(4,5)6)23(38)34-13-15-7-8-18(31)21(19(15)32)43-17-10-14(12-33)9-16(30)11-17/h7-11,35H,13H2,1-6H3,(H,34,38)(H,39,40)(H,41,42). The van der Waals surface area contributed by atoms with E-state index in [-0.39, 0.29) is 54.4 Å². The van der Waals surface area contributed by atoms with Crippen molar-refractivity contribution in [1.82, 2.24) is 20.4 Å². The number of rotatable bonds is 6. The first kappa shape index (κ1) is 33.8. The molecule has 0 saturated heterocycles. The molecular formula is C28H29BrCl2FN5O6. The molecule has 1 heterocycles. The Kier molecular flexibility index (Phi) is 9.51. The third-order valence-corrected chi connectivity index (χ3v) is 7.56. The molecule has 1 atom stereocenters. The Morgan fingerprint density at radius 1 is 1.14 bits per heavy atom. The Morgan fingerprint density at radius 3 is 2.26 bits per heavy atom. The summed E-state index contributed by atoms with van der Waals surface area (Å²) in [5.41, 5.74) is -2.08. The summed E-state index contributed by atoms with van der Waals surface area (Å²) in [6.45, 7) is 9.58. The number of carboxylic acid groups (broad SMARTS) is 2. The van der Waals surface area contributed by atoms with E-state index in [1.165, 1.54) is 35.2 Å². The van der Waals surface area contributed by atoms with Gasteiger partial charge in [0, 0.05) is 28.1 Å². The molecule has 3 rings (SSSR count). The summed E-state index contributed by atoms with van der Waals surface area (Å²) in [6, 6.07) is 8.78. The van der Waals surface area contributed by atoms with E-state index in [0.29, 0.717) is 0 Å². The minimum Gasteiger partial charge on any atom is -0.464 e. The van der Waals surface area contributed by atoms with Gasteiger partial charge in [-0.25, -0.2) is 14.0 Å². The maximum atomic E-state index is 15.6. The summed E-state index contributed by atoms with van der Waals surface area (Å²) in [7, 11) is 0. The summed E-state index contributed by atoms with van der Waals surface area (Å²) in [6.07, 6.45) is -3.52. The van der Waals surface area contributed by atoms with E-state index in [4.69, 9.17) is 27.9 Å². The lowest BCUT2D eigenvalue weighted by molar-refractivity contribution is -0.137. The lowest BCUT2D eigenvalue weighted by atomic mass is 9.82. The second-order valence-corrected chi connectivity index (χ2v) is 13.2. The number of nitrogens with zero attached hydrogens (tertiary/aromatic N) is 3. The molecule has 1 unspecified atom stereocenters. The smallest absolute Gasteiger partial charge is 0.420 e. The number of hydrogen-bond donors (Lipinski definition) is 4. The summed E-state index contributed by atoms with van der Waals surface area (Å²) >= 11 is 15.5. The van der Waals surface area contributed by atoms with Crippen LogP contribution in [0.2, 0.25) is 10.0 Å². The van der Waals surface area contributed by atoms with Gasteiger partial charge in [-0.1, -0.05) is 50.0 Å². The number of carbonyl (C=O) groups excluding carboxylic acids is 1. The van der Waals surface area contributed by atoms with Crippen LogP contribution in [-0.2, 0) is 11.3 Å². The van der Waals surface area contributed by atoms with E-state index in [9.17, 15) is 29.9 Å². The van der Waals surface area contributed by atoms with Gasteiger partial charge in [0.05, 0.1) is 16.7 Å². The number of nitrogens with one attached hydrogen (secondary N) is 2. The first-order chi connectivity index (χ1) is 19.8. The van der Waals surface area contributed by atoms with Crippen molar-refractivity contribution in [2.75, 3.05) is 0 Å². The molecule has 43 heavy (non-hydrogen) atoms. The molecule has 11 nitrogen and oxygen atoms in total. The van der Waals surface area contributed by atoms with Gasteiger partial charge in [0.15, 0.2) is 11.6 Å². The number of hydrogen-bond acceptors (Lipinski definition) is 7. The molecule has 230 valence electrons. The number of ether oxygens (including phenoxy) is 1. The van der Waals surface area contributed by atoms with Crippen molar-refractivity contribution in [2.45, 2.75) is 59.4 Å². The van der Waals surface area contributed by atoms with Gasteiger partial charge in [-0.05, 0) is 61.0 Å². The molecule has 15 heteroatoms. The van der Waals surface area contributed by atoms with E-state index in [0.717, 1.165) is 0 Å². The highest BCUT2D eigenvalue weighted by Gasteiger charge is 2.64.